The number of furan rings is 2. The summed E-state index contributed by atoms with van der Waals surface area (Å²) >= 11 is 16.7. The molecular weight excluding hydrogens is 665 g/mol. The molecule has 0 atom stereocenters. The van der Waals surface area contributed by atoms with Crippen LogP contribution in [0.2, 0.25) is 15.7 Å². The molecule has 17 heteroatoms. The SMILES string of the molecule is C1CCOC1.Cc1cnc(Cl)nc1Cl.Cc1cnc(Cl)nc1NCc1ccco1.NCc1ccco1.O=CO[O-].[H-].[K+].[K+]. The third-order valence-corrected chi connectivity index (χ3v) is 5.23. The van der Waals surface area contributed by atoms with Gasteiger partial charge in [0.25, 0.3) is 6.47 Å². The molecule has 0 spiro atoms. The molecule has 0 bridgehead atoms. The normalized spacial score (nSPS) is 10.6. The Balaban J connectivity index is -0.000000496. The van der Waals surface area contributed by atoms with Crippen LogP contribution in [0.4, 0.5) is 5.82 Å². The van der Waals surface area contributed by atoms with Crippen LogP contribution in [-0.4, -0.2) is 39.6 Å². The summed E-state index contributed by atoms with van der Waals surface area (Å²) in [6, 6.07) is 7.41. The maximum Gasteiger partial charge on any atom is 1.00 e. The molecule has 0 unspecified atom stereocenters. The van der Waals surface area contributed by atoms with E-state index in [-0.39, 0.29) is 121 Å². The molecule has 0 aromatic carbocycles. The quantitative estimate of drug-likeness (QED) is 0.0640. The van der Waals surface area contributed by atoms with E-state index in [4.69, 9.17) is 64.2 Å². The summed E-state index contributed by atoms with van der Waals surface area (Å²) in [4.78, 5) is 26.6. The standard InChI is InChI=1S/C10H10ClN3O.C5H4Cl2N2.C5H7NO.C4H8O.CH2O3.2K.H/c1-7-5-13-10(11)14-9(7)12-6-8-3-2-4-15-8;1-3-2-8-5(7)9-4(3)6;6-4-5-2-1-3-7-5;1-2-4-5-3-1;2-1-4-3;;;/h2-5H,6H2,1H3,(H,12,13,14);2H,1H3;1-3H,4,6H2;1-4H2;1,3H;;;/q;;;;;2*+1;-1/p-1. The summed E-state index contributed by atoms with van der Waals surface area (Å²) in [5, 5.41) is 12.4. The summed E-state index contributed by atoms with van der Waals surface area (Å²) in [5.74, 6) is 2.41. The number of carbonyl (C=O) groups is 1. The van der Waals surface area contributed by atoms with Crippen LogP contribution in [0.5, 0.6) is 0 Å². The minimum atomic E-state index is -0.181. The van der Waals surface area contributed by atoms with E-state index in [9.17, 15) is 0 Å². The van der Waals surface area contributed by atoms with Gasteiger partial charge >= 0.3 is 103 Å². The van der Waals surface area contributed by atoms with Gasteiger partial charge in [-0.1, -0.05) is 11.6 Å². The first-order valence-electron chi connectivity index (χ1n) is 11.7. The fourth-order valence-corrected chi connectivity index (χ4v) is 2.96. The van der Waals surface area contributed by atoms with Crippen LogP contribution in [0.15, 0.2) is 58.0 Å². The van der Waals surface area contributed by atoms with Crippen molar-refractivity contribution in [2.75, 3.05) is 18.5 Å². The van der Waals surface area contributed by atoms with Crippen LogP contribution in [-0.2, 0) is 27.5 Å². The van der Waals surface area contributed by atoms with Crippen LogP contribution in [0.1, 0.15) is 36.9 Å². The third kappa shape index (κ3) is 21.7. The second-order valence-electron chi connectivity index (χ2n) is 7.51. The van der Waals surface area contributed by atoms with Crippen LogP contribution < -0.4 is 119 Å². The van der Waals surface area contributed by atoms with Gasteiger partial charge in [0.15, 0.2) is 0 Å². The van der Waals surface area contributed by atoms with E-state index >= 15 is 0 Å². The molecule has 5 rings (SSSR count). The number of hydrogen-bond donors (Lipinski definition) is 2. The molecule has 0 amide bonds. The number of nitrogens with one attached hydrogen (secondary N) is 1. The molecule has 1 fully saturated rings. The molecule has 4 aromatic rings. The predicted molar refractivity (Wildman–Crippen MR) is 150 cm³/mol. The van der Waals surface area contributed by atoms with E-state index < -0.39 is 0 Å². The fraction of sp³-hybridized carbons (Fsp3) is 0.320. The number of halogens is 3. The topological polar surface area (TPSA) is 174 Å². The summed E-state index contributed by atoms with van der Waals surface area (Å²) in [6.45, 7) is 6.63. The molecule has 0 aliphatic carbocycles. The van der Waals surface area contributed by atoms with E-state index in [1.165, 1.54) is 12.8 Å². The van der Waals surface area contributed by atoms with Crippen molar-refractivity contribution >= 4 is 47.1 Å². The zero-order valence-corrected chi connectivity index (χ0v) is 32.4. The smallest absolute Gasteiger partial charge is 1.00 e. The molecule has 0 radical (unpaired) electrons. The van der Waals surface area contributed by atoms with Crippen LogP contribution in [0.3, 0.4) is 0 Å². The number of nitrogens with zero attached hydrogens (tertiary/aromatic N) is 4. The Morgan fingerprint density at radius 3 is 1.88 bits per heavy atom. The van der Waals surface area contributed by atoms with Gasteiger partial charge in [-0.25, -0.2) is 19.9 Å². The molecule has 12 nitrogen and oxygen atoms in total. The largest absolute Gasteiger partial charge is 1.00 e. The number of carbonyl (C=O) groups excluding carboxylic acids is 1. The molecule has 1 aliphatic rings. The molecule has 1 aliphatic heterocycles. The van der Waals surface area contributed by atoms with Crippen molar-refractivity contribution in [3.8, 4) is 0 Å². The van der Waals surface area contributed by atoms with Crippen molar-refractivity contribution in [1.82, 2.24) is 19.9 Å². The average Bonchev–Trinajstić information content (AvgIpc) is 3.78. The minimum absolute atomic E-state index is 0. The number of aryl methyl sites for hydroxylation is 2. The van der Waals surface area contributed by atoms with Crippen molar-refractivity contribution in [2.24, 2.45) is 5.73 Å². The van der Waals surface area contributed by atoms with Gasteiger partial charge in [-0.2, -0.15) is 0 Å². The van der Waals surface area contributed by atoms with Crippen LogP contribution in [0.25, 0.3) is 0 Å². The van der Waals surface area contributed by atoms with E-state index in [2.05, 4.69) is 30.1 Å². The van der Waals surface area contributed by atoms with Gasteiger partial charge in [-0.05, 0) is 74.2 Å². The summed E-state index contributed by atoms with van der Waals surface area (Å²) < 4.78 is 15.0. The van der Waals surface area contributed by atoms with Gasteiger partial charge in [0.1, 0.15) is 22.5 Å². The summed E-state index contributed by atoms with van der Waals surface area (Å²) in [6.07, 6.45) is 9.07. The Morgan fingerprint density at radius 2 is 1.50 bits per heavy atom. The van der Waals surface area contributed by atoms with E-state index in [1.54, 1.807) is 24.9 Å². The molecule has 0 saturated carbocycles. The second-order valence-corrected chi connectivity index (χ2v) is 8.55. The first-order valence-corrected chi connectivity index (χ1v) is 12.9. The fourth-order valence-electron chi connectivity index (χ4n) is 2.52. The summed E-state index contributed by atoms with van der Waals surface area (Å²) in [5.41, 5.74) is 6.98. The maximum atomic E-state index is 8.64. The van der Waals surface area contributed by atoms with Crippen molar-refractivity contribution in [1.29, 1.82) is 0 Å². The van der Waals surface area contributed by atoms with E-state index in [0.717, 1.165) is 41.7 Å². The van der Waals surface area contributed by atoms with E-state index in [0.29, 0.717) is 18.2 Å². The Bertz CT molecular complexity index is 1210. The minimum Gasteiger partial charge on any atom is -1.00 e. The van der Waals surface area contributed by atoms with E-state index in [1.807, 2.05) is 38.1 Å². The third-order valence-electron chi connectivity index (χ3n) is 4.48. The molecule has 4 aromatic heterocycles. The summed E-state index contributed by atoms with van der Waals surface area (Å²) in [7, 11) is 0. The zero-order valence-electron chi connectivity index (χ0n) is 24.9. The van der Waals surface area contributed by atoms with Crippen molar-refractivity contribution in [2.45, 2.75) is 39.8 Å². The van der Waals surface area contributed by atoms with Gasteiger partial charge in [0.2, 0.25) is 10.6 Å². The Kier molecular flexibility index (Phi) is 29.9. The van der Waals surface area contributed by atoms with Crippen molar-refractivity contribution in [3.63, 3.8) is 0 Å². The van der Waals surface area contributed by atoms with Gasteiger partial charge in [-0.3, -0.25) is 4.79 Å². The number of aromatic nitrogens is 4. The Hall–Kier alpha value is 0.0127. The number of anilines is 1. The molecule has 5 heterocycles. The molecule has 220 valence electrons. The number of nitrogens with two attached hydrogens (primary N) is 1. The number of rotatable bonds is 5. The van der Waals surface area contributed by atoms with Gasteiger partial charge in [0.05, 0.1) is 25.6 Å². The zero-order chi connectivity index (χ0) is 29.6. The Labute approximate surface area is 346 Å². The van der Waals surface area contributed by atoms with Gasteiger partial charge in [0, 0.05) is 36.7 Å². The number of hydrogen-bond acceptors (Lipinski definition) is 12. The molecular formula is C25H31Cl3K2N6O6. The van der Waals surface area contributed by atoms with Gasteiger partial charge < -0.3 is 36.2 Å². The number of ether oxygens (including phenoxy) is 1. The Morgan fingerprint density at radius 1 is 0.976 bits per heavy atom. The first-order chi connectivity index (χ1) is 19.3. The average molecular weight is 696 g/mol. The van der Waals surface area contributed by atoms with Crippen molar-refractivity contribution in [3.05, 3.63) is 87.6 Å². The molecule has 3 N–H and O–H groups in total. The van der Waals surface area contributed by atoms with Crippen LogP contribution in [0, 0.1) is 13.8 Å². The molecule has 42 heavy (non-hydrogen) atoms. The maximum absolute atomic E-state index is 8.64. The second kappa shape index (κ2) is 28.5. The predicted octanol–water partition coefficient (Wildman–Crippen LogP) is -1.17. The van der Waals surface area contributed by atoms with Crippen molar-refractivity contribution < 1.29 is 133 Å². The van der Waals surface area contributed by atoms with Gasteiger partial charge in [-0.15, -0.1) is 0 Å². The van der Waals surface area contributed by atoms with Crippen LogP contribution >= 0.6 is 34.8 Å². The monoisotopic (exact) mass is 694 g/mol. The first kappa shape index (κ1) is 44.1. The molecule has 1 saturated heterocycles.